The van der Waals surface area contributed by atoms with Crippen LogP contribution < -0.4 is 0 Å². The van der Waals surface area contributed by atoms with Crippen molar-refractivity contribution in [2.24, 2.45) is 79.3 Å². The highest BCUT2D eigenvalue weighted by Crippen LogP contribution is 2.79. The fraction of sp³-hybridized carbons (Fsp3) is 0.917. The van der Waals surface area contributed by atoms with Crippen LogP contribution in [0.2, 0.25) is 0 Å². The predicted molar refractivity (Wildman–Crippen MR) is 219 cm³/mol. The molecule has 9 nitrogen and oxygen atoms in total. The molecule has 8 fully saturated rings. The van der Waals surface area contributed by atoms with Gasteiger partial charge in [0, 0.05) is 31.6 Å². The summed E-state index contributed by atoms with van der Waals surface area (Å²) >= 11 is 0. The highest BCUT2D eigenvalue weighted by atomic mass is 16.6. The molecule has 0 bridgehead atoms. The van der Waals surface area contributed by atoms with Gasteiger partial charge in [-0.3, -0.25) is 14.4 Å². The number of hydrogen-bond donors (Lipinski definition) is 1. The molecule has 12 atom stereocenters. The lowest BCUT2D eigenvalue weighted by Crippen LogP contribution is -2.68. The van der Waals surface area contributed by atoms with Gasteiger partial charge in [0.25, 0.3) is 0 Å². The number of fused-ring (bicyclic) bond motifs is 7. The maximum Gasteiger partial charge on any atom is 0.410 e. The van der Waals surface area contributed by atoms with Crippen LogP contribution in [0, 0.1) is 79.3 Å². The summed E-state index contributed by atoms with van der Waals surface area (Å²) in [5.41, 5.74) is -0.824. The Hall–Kier alpha value is -2.32. The third kappa shape index (κ3) is 5.99. The van der Waals surface area contributed by atoms with Crippen molar-refractivity contribution in [3.05, 3.63) is 0 Å². The second-order valence-corrected chi connectivity index (χ2v) is 24.2. The highest BCUT2D eigenvalue weighted by molar-refractivity contribution is 5.84. The van der Waals surface area contributed by atoms with Crippen molar-refractivity contribution in [3.63, 3.8) is 0 Å². The maximum absolute atomic E-state index is 15.2. The van der Waals surface area contributed by atoms with Gasteiger partial charge in [0.15, 0.2) is 0 Å². The molecule has 0 aromatic heterocycles. The van der Waals surface area contributed by atoms with Gasteiger partial charge in [-0.15, -0.1) is 0 Å². The Bertz CT molecular complexity index is 1670. The number of nitrogens with zero attached hydrogens (tertiary/aromatic N) is 2. The summed E-state index contributed by atoms with van der Waals surface area (Å²) < 4.78 is 12.1. The van der Waals surface area contributed by atoms with Crippen molar-refractivity contribution in [3.8, 4) is 0 Å². The minimum absolute atomic E-state index is 0.132. The molecule has 8 rings (SSSR count). The first-order valence-electron chi connectivity index (χ1n) is 23.1. The molecule has 1 heterocycles. The lowest BCUT2D eigenvalue weighted by molar-refractivity contribution is -0.253. The first-order chi connectivity index (χ1) is 26.4. The molecule has 7 aliphatic carbocycles. The van der Waals surface area contributed by atoms with Gasteiger partial charge in [-0.1, -0.05) is 55.4 Å². The minimum Gasteiger partial charge on any atom is -0.481 e. The Morgan fingerprint density at radius 1 is 0.632 bits per heavy atom. The number of carboxylic acids is 1. The topological polar surface area (TPSA) is 113 Å². The molecular weight excluding hydrogens is 717 g/mol. The molecule has 0 unspecified atom stereocenters. The van der Waals surface area contributed by atoms with E-state index >= 15 is 4.79 Å². The summed E-state index contributed by atoms with van der Waals surface area (Å²) in [6, 6.07) is 0. The number of hydrogen-bond acceptors (Lipinski definition) is 6. The van der Waals surface area contributed by atoms with Gasteiger partial charge in [0.05, 0.1) is 17.3 Å². The molecule has 0 aromatic rings. The van der Waals surface area contributed by atoms with Gasteiger partial charge in [-0.25, -0.2) is 4.79 Å². The van der Waals surface area contributed by atoms with Gasteiger partial charge in [-0.2, -0.15) is 0 Å². The van der Waals surface area contributed by atoms with E-state index in [0.29, 0.717) is 73.5 Å². The van der Waals surface area contributed by atoms with Gasteiger partial charge < -0.3 is 24.4 Å². The average Bonchev–Trinajstić information content (AvgIpc) is 3.73. The summed E-state index contributed by atoms with van der Waals surface area (Å²) in [6.45, 7) is 26.9. The van der Waals surface area contributed by atoms with E-state index in [4.69, 9.17) is 9.47 Å². The van der Waals surface area contributed by atoms with Crippen molar-refractivity contribution < 1.29 is 33.8 Å². The number of rotatable bonds is 5. The number of carboxylic acid groups (broad SMARTS) is 1. The number of carbonyl (C=O) groups excluding carboxylic acids is 3. The van der Waals surface area contributed by atoms with Gasteiger partial charge >= 0.3 is 18.0 Å². The van der Waals surface area contributed by atoms with Crippen molar-refractivity contribution in [2.45, 2.75) is 171 Å². The van der Waals surface area contributed by atoms with Crippen molar-refractivity contribution in [1.29, 1.82) is 0 Å². The normalized spacial score (nSPS) is 45.2. The van der Waals surface area contributed by atoms with E-state index < -0.39 is 22.9 Å². The Kier molecular flexibility index (Phi) is 9.51. The summed E-state index contributed by atoms with van der Waals surface area (Å²) in [7, 11) is 0. The van der Waals surface area contributed by atoms with E-state index in [9.17, 15) is 19.5 Å². The standard InChI is InChI=1S/C48H76N2O7/c1-41(2,3)57-40(55)50-26-24-49(25-27-50)39(54)48-19-14-29(44(8)20-21-44)36(48)30-12-13-34-45(9)17-16-35(56-38(53)32-28-31(37(51)52)42(32,4)5)43(6,7)33(45)15-18-47(34,11)46(30,10)22-23-48/h29-36H,12-28H2,1-11H3,(H,51,52)/t29-,30-,31+,32-,33+,34-,35+,36-,45+,46-,47-,48+/m1/s1. The lowest BCUT2D eigenvalue weighted by atomic mass is 9.32. The molecule has 0 aromatic carbocycles. The predicted octanol–water partition coefficient (Wildman–Crippen LogP) is 9.61. The van der Waals surface area contributed by atoms with E-state index in [2.05, 4.69) is 46.4 Å². The average molecular weight is 793 g/mol. The lowest BCUT2D eigenvalue weighted by Gasteiger charge is -2.73. The molecule has 320 valence electrons. The van der Waals surface area contributed by atoms with E-state index in [-0.39, 0.29) is 51.2 Å². The Morgan fingerprint density at radius 3 is 1.88 bits per heavy atom. The number of carbonyl (C=O) groups is 4. The summed E-state index contributed by atoms with van der Waals surface area (Å²) in [4.78, 5) is 57.5. The first kappa shape index (κ1) is 41.4. The smallest absolute Gasteiger partial charge is 0.410 e. The fourth-order valence-electron chi connectivity index (χ4n) is 16.2. The van der Waals surface area contributed by atoms with Crippen LogP contribution in [0.15, 0.2) is 0 Å². The summed E-state index contributed by atoms with van der Waals surface area (Å²) in [5, 5.41) is 9.69. The molecule has 1 N–H and O–H groups in total. The molecule has 1 saturated heterocycles. The second-order valence-electron chi connectivity index (χ2n) is 24.2. The Morgan fingerprint density at radius 2 is 1.28 bits per heavy atom. The van der Waals surface area contributed by atoms with Crippen LogP contribution in [0.5, 0.6) is 0 Å². The SMILES string of the molecule is CC(C)(C)OC(=O)N1CCN(C(=O)[C@]23CC[C@@H](C4(C)CC4)[C@@H]2[C@H]2CC[C@@H]4[C@@]5(C)CC[C@H](OC(=O)[C@H]6C[C@@H](C(=O)O)C6(C)C)C(C)(C)[C@@H]5CC[C@@]4(C)[C@]2(C)CC3)CC1. The van der Waals surface area contributed by atoms with Crippen LogP contribution in [0.3, 0.4) is 0 Å². The van der Waals surface area contributed by atoms with E-state index in [1.165, 1.54) is 38.5 Å². The zero-order valence-corrected chi connectivity index (χ0v) is 37.4. The molecule has 0 radical (unpaired) electrons. The van der Waals surface area contributed by atoms with Crippen LogP contribution in [-0.4, -0.2) is 76.7 Å². The van der Waals surface area contributed by atoms with E-state index in [1.54, 1.807) is 4.90 Å². The summed E-state index contributed by atoms with van der Waals surface area (Å²) in [5.74, 6) is 1.03. The van der Waals surface area contributed by atoms with Gasteiger partial charge in [0.2, 0.25) is 5.91 Å². The minimum atomic E-state index is -0.817. The highest BCUT2D eigenvalue weighted by Gasteiger charge is 2.74. The fourth-order valence-corrected chi connectivity index (χ4v) is 16.2. The number of ether oxygens (including phenoxy) is 2. The third-order valence-electron chi connectivity index (χ3n) is 20.1. The Balaban J connectivity index is 1.02. The van der Waals surface area contributed by atoms with Gasteiger partial charge in [-0.05, 0) is 161 Å². The monoisotopic (exact) mass is 793 g/mol. The zero-order valence-electron chi connectivity index (χ0n) is 37.4. The van der Waals surface area contributed by atoms with E-state index in [1.807, 2.05) is 34.6 Å². The van der Waals surface area contributed by atoms with Crippen LogP contribution >= 0.6 is 0 Å². The largest absolute Gasteiger partial charge is 0.481 e. The van der Waals surface area contributed by atoms with Crippen LogP contribution in [-0.2, 0) is 23.9 Å². The first-order valence-corrected chi connectivity index (χ1v) is 23.1. The Labute approximate surface area is 343 Å². The summed E-state index contributed by atoms with van der Waals surface area (Å²) in [6.07, 6.45) is 13.4. The van der Waals surface area contributed by atoms with Crippen molar-refractivity contribution in [1.82, 2.24) is 9.80 Å². The van der Waals surface area contributed by atoms with Crippen LogP contribution in [0.25, 0.3) is 0 Å². The zero-order chi connectivity index (χ0) is 41.5. The van der Waals surface area contributed by atoms with Crippen LogP contribution in [0.1, 0.15) is 160 Å². The molecule has 0 spiro atoms. The second kappa shape index (κ2) is 13.1. The molecule has 1 aliphatic heterocycles. The number of esters is 1. The van der Waals surface area contributed by atoms with Crippen molar-refractivity contribution in [2.75, 3.05) is 26.2 Å². The molecule has 9 heteroatoms. The molecule has 8 aliphatic rings. The number of aliphatic carboxylic acids is 1. The maximum atomic E-state index is 15.2. The quantitative estimate of drug-likeness (QED) is 0.276. The molecular formula is C48H76N2O7. The third-order valence-corrected chi connectivity index (χ3v) is 20.1. The number of piperazine rings is 1. The molecule has 7 saturated carbocycles. The van der Waals surface area contributed by atoms with Gasteiger partial charge in [0.1, 0.15) is 11.7 Å². The molecule has 2 amide bonds. The van der Waals surface area contributed by atoms with Crippen molar-refractivity contribution >= 4 is 23.9 Å². The number of amides is 2. The van der Waals surface area contributed by atoms with Crippen LogP contribution in [0.4, 0.5) is 4.79 Å². The van der Waals surface area contributed by atoms with E-state index in [0.717, 1.165) is 38.5 Å². The molecule has 57 heavy (non-hydrogen) atoms.